The summed E-state index contributed by atoms with van der Waals surface area (Å²) in [5, 5.41) is 6.93. The number of ether oxygens (including phenoxy) is 2. The molecule has 2 aromatic carbocycles. The van der Waals surface area contributed by atoms with Gasteiger partial charge in [0.1, 0.15) is 17.2 Å². The second-order valence-electron chi connectivity index (χ2n) is 5.36. The van der Waals surface area contributed by atoms with Gasteiger partial charge in [-0.15, -0.1) is 0 Å². The molecular formula is C18H16ClN3O4. The Hall–Kier alpha value is -3.06. The van der Waals surface area contributed by atoms with Crippen LogP contribution in [0.5, 0.6) is 11.5 Å². The van der Waals surface area contributed by atoms with E-state index in [-0.39, 0.29) is 5.91 Å². The monoisotopic (exact) mass is 373 g/mol. The fourth-order valence-electron chi connectivity index (χ4n) is 2.36. The standard InChI is InChI=1S/C18H16ClN3O4/c1-10-20-17(22-26-10)11-5-4-6-12(7-11)18(23)21-16-14(19)8-13(24-2)9-15(16)25-3/h4-9H,1-3H3,(H,21,23). The van der Waals surface area contributed by atoms with E-state index in [1.54, 1.807) is 43.3 Å². The molecule has 3 rings (SSSR count). The van der Waals surface area contributed by atoms with Crippen LogP contribution < -0.4 is 14.8 Å². The number of aromatic nitrogens is 2. The van der Waals surface area contributed by atoms with E-state index >= 15 is 0 Å². The first-order chi connectivity index (χ1) is 12.5. The predicted molar refractivity (Wildman–Crippen MR) is 97.0 cm³/mol. The minimum atomic E-state index is -0.350. The van der Waals surface area contributed by atoms with Gasteiger partial charge >= 0.3 is 0 Å². The number of nitrogens with zero attached hydrogens (tertiary/aromatic N) is 2. The highest BCUT2D eigenvalue weighted by atomic mass is 35.5. The van der Waals surface area contributed by atoms with E-state index in [4.69, 9.17) is 25.6 Å². The van der Waals surface area contributed by atoms with E-state index in [1.807, 2.05) is 0 Å². The first-order valence-electron chi connectivity index (χ1n) is 7.65. The quantitative estimate of drug-likeness (QED) is 0.728. The lowest BCUT2D eigenvalue weighted by molar-refractivity contribution is 0.102. The highest BCUT2D eigenvalue weighted by molar-refractivity contribution is 6.34. The maximum Gasteiger partial charge on any atom is 0.255 e. The van der Waals surface area contributed by atoms with E-state index < -0.39 is 0 Å². The van der Waals surface area contributed by atoms with Crippen LogP contribution in [0.1, 0.15) is 16.2 Å². The second kappa shape index (κ2) is 7.45. The third kappa shape index (κ3) is 3.62. The van der Waals surface area contributed by atoms with Gasteiger partial charge in [0.25, 0.3) is 5.91 Å². The summed E-state index contributed by atoms with van der Waals surface area (Å²) in [5.41, 5.74) is 1.45. The molecule has 0 fully saturated rings. The van der Waals surface area contributed by atoms with Crippen LogP contribution in [-0.2, 0) is 0 Å². The molecule has 8 heteroatoms. The van der Waals surface area contributed by atoms with Gasteiger partial charge in [-0.05, 0) is 12.1 Å². The van der Waals surface area contributed by atoms with Crippen LogP contribution in [0.15, 0.2) is 40.9 Å². The van der Waals surface area contributed by atoms with E-state index in [9.17, 15) is 4.79 Å². The van der Waals surface area contributed by atoms with Crippen LogP contribution >= 0.6 is 11.6 Å². The van der Waals surface area contributed by atoms with Crippen molar-refractivity contribution < 1.29 is 18.8 Å². The molecule has 26 heavy (non-hydrogen) atoms. The molecule has 0 radical (unpaired) electrons. The molecule has 134 valence electrons. The Morgan fingerprint density at radius 3 is 2.65 bits per heavy atom. The summed E-state index contributed by atoms with van der Waals surface area (Å²) in [6, 6.07) is 10.1. The number of rotatable bonds is 5. The van der Waals surface area contributed by atoms with Crippen LogP contribution in [0.2, 0.25) is 5.02 Å². The van der Waals surface area contributed by atoms with E-state index in [2.05, 4.69) is 15.5 Å². The van der Waals surface area contributed by atoms with E-state index in [1.165, 1.54) is 14.2 Å². The van der Waals surface area contributed by atoms with E-state index in [0.29, 0.717) is 45.1 Å². The topological polar surface area (TPSA) is 86.5 Å². The molecule has 0 aliphatic rings. The van der Waals surface area contributed by atoms with Gasteiger partial charge in [0.05, 0.1) is 19.2 Å². The molecule has 0 bridgehead atoms. The summed E-state index contributed by atoms with van der Waals surface area (Å²) >= 11 is 6.25. The Balaban J connectivity index is 1.89. The van der Waals surface area contributed by atoms with Crippen LogP contribution in [0.4, 0.5) is 5.69 Å². The highest BCUT2D eigenvalue weighted by Crippen LogP contribution is 2.37. The van der Waals surface area contributed by atoms with E-state index in [0.717, 1.165) is 0 Å². The summed E-state index contributed by atoms with van der Waals surface area (Å²) in [7, 11) is 3.01. The third-order valence-electron chi connectivity index (χ3n) is 3.63. The van der Waals surface area contributed by atoms with Gasteiger partial charge in [-0.1, -0.05) is 28.9 Å². The fraction of sp³-hybridized carbons (Fsp3) is 0.167. The first kappa shape index (κ1) is 17.8. The van der Waals surface area contributed by atoms with Crippen molar-refractivity contribution >= 4 is 23.2 Å². The lowest BCUT2D eigenvalue weighted by Gasteiger charge is -2.14. The largest absolute Gasteiger partial charge is 0.497 e. The molecule has 0 saturated heterocycles. The zero-order valence-electron chi connectivity index (χ0n) is 14.4. The Labute approximate surface area is 154 Å². The number of nitrogens with one attached hydrogen (secondary N) is 1. The van der Waals surface area contributed by atoms with Gasteiger partial charge in [-0.3, -0.25) is 4.79 Å². The van der Waals surface area contributed by atoms with Gasteiger partial charge in [0.2, 0.25) is 11.7 Å². The Morgan fingerprint density at radius 1 is 1.19 bits per heavy atom. The average molecular weight is 374 g/mol. The van der Waals surface area contributed by atoms with Crippen molar-refractivity contribution in [2.75, 3.05) is 19.5 Å². The van der Waals surface area contributed by atoms with Crippen LogP contribution in [0.3, 0.4) is 0 Å². The number of benzene rings is 2. The minimum Gasteiger partial charge on any atom is -0.497 e. The van der Waals surface area contributed by atoms with Crippen LogP contribution in [0, 0.1) is 6.92 Å². The van der Waals surface area contributed by atoms with Crippen LogP contribution in [0.25, 0.3) is 11.4 Å². The third-order valence-corrected chi connectivity index (χ3v) is 3.93. The molecule has 0 saturated carbocycles. The molecule has 7 nitrogen and oxygen atoms in total. The molecule has 0 unspecified atom stereocenters. The SMILES string of the molecule is COc1cc(Cl)c(NC(=O)c2cccc(-c3noc(C)n3)c2)c(OC)c1. The maximum atomic E-state index is 12.7. The van der Waals surface area contributed by atoms with Crippen molar-refractivity contribution in [1.29, 1.82) is 0 Å². The number of aryl methyl sites for hydroxylation is 1. The van der Waals surface area contributed by atoms with Crippen molar-refractivity contribution in [2.24, 2.45) is 0 Å². The molecule has 0 spiro atoms. The Bertz CT molecular complexity index is 955. The van der Waals surface area contributed by atoms with Gasteiger partial charge < -0.3 is 19.3 Å². The lowest BCUT2D eigenvalue weighted by atomic mass is 10.1. The van der Waals surface area contributed by atoms with Crippen molar-refractivity contribution in [3.63, 3.8) is 0 Å². The van der Waals surface area contributed by atoms with Gasteiger partial charge in [-0.25, -0.2) is 0 Å². The minimum absolute atomic E-state index is 0.305. The number of carbonyl (C=O) groups excluding carboxylic acids is 1. The number of hydrogen-bond acceptors (Lipinski definition) is 6. The highest BCUT2D eigenvalue weighted by Gasteiger charge is 2.16. The molecule has 1 aromatic heterocycles. The summed E-state index contributed by atoms with van der Waals surface area (Å²) in [6.45, 7) is 1.70. The lowest BCUT2D eigenvalue weighted by Crippen LogP contribution is -2.13. The first-order valence-corrected chi connectivity index (χ1v) is 8.03. The maximum absolute atomic E-state index is 12.7. The van der Waals surface area contributed by atoms with Crippen molar-refractivity contribution in [2.45, 2.75) is 6.92 Å². The van der Waals surface area contributed by atoms with Crippen molar-refractivity contribution in [1.82, 2.24) is 10.1 Å². The Morgan fingerprint density at radius 2 is 2.00 bits per heavy atom. The fourth-order valence-corrected chi connectivity index (χ4v) is 2.61. The molecule has 0 aliphatic carbocycles. The predicted octanol–water partition coefficient (Wildman–Crippen LogP) is 3.97. The second-order valence-corrected chi connectivity index (χ2v) is 5.77. The van der Waals surface area contributed by atoms with Gasteiger partial charge in [0, 0.05) is 30.2 Å². The zero-order valence-corrected chi connectivity index (χ0v) is 15.1. The number of carbonyl (C=O) groups is 1. The summed E-state index contributed by atoms with van der Waals surface area (Å²) in [6.07, 6.45) is 0. The smallest absolute Gasteiger partial charge is 0.255 e. The molecular weight excluding hydrogens is 358 g/mol. The van der Waals surface area contributed by atoms with Crippen LogP contribution in [-0.4, -0.2) is 30.3 Å². The number of halogens is 1. The summed E-state index contributed by atoms with van der Waals surface area (Å²) in [5.74, 6) is 1.44. The molecule has 1 N–H and O–H groups in total. The molecule has 1 amide bonds. The van der Waals surface area contributed by atoms with Crippen molar-refractivity contribution in [3.05, 3.63) is 52.9 Å². The normalized spacial score (nSPS) is 10.5. The molecule has 0 aliphatic heterocycles. The number of hydrogen-bond donors (Lipinski definition) is 1. The Kier molecular flexibility index (Phi) is 5.09. The van der Waals surface area contributed by atoms with Crippen molar-refractivity contribution in [3.8, 4) is 22.9 Å². The molecule has 1 heterocycles. The van der Waals surface area contributed by atoms with Gasteiger partial charge in [-0.2, -0.15) is 4.98 Å². The number of anilines is 1. The molecule has 3 aromatic rings. The average Bonchev–Trinajstić information content (AvgIpc) is 3.09. The molecule has 0 atom stereocenters. The summed E-state index contributed by atoms with van der Waals surface area (Å²) in [4.78, 5) is 16.8. The summed E-state index contributed by atoms with van der Waals surface area (Å²) < 4.78 is 15.4. The zero-order chi connectivity index (χ0) is 18.7. The van der Waals surface area contributed by atoms with Gasteiger partial charge in [0.15, 0.2) is 0 Å². The number of methoxy groups -OCH3 is 2. The number of amides is 1.